The smallest absolute Gasteiger partial charge is 0.318 e. The molecule has 2 saturated heterocycles. The molecular weight excluding hydrogens is 600 g/mol. The number of anilines is 2. The summed E-state index contributed by atoms with van der Waals surface area (Å²) in [6.45, 7) is 8.15. The van der Waals surface area contributed by atoms with E-state index in [1.54, 1.807) is 29.7 Å². The predicted octanol–water partition coefficient (Wildman–Crippen LogP) is 5.04. The Labute approximate surface area is 267 Å². The van der Waals surface area contributed by atoms with Crippen LogP contribution in [0.15, 0.2) is 53.8 Å². The molecule has 10 nitrogen and oxygen atoms in total. The number of benzene rings is 1. The van der Waals surface area contributed by atoms with Gasteiger partial charge in [-0.2, -0.15) is 9.29 Å². The zero-order valence-electron chi connectivity index (χ0n) is 25.8. The highest BCUT2D eigenvalue weighted by molar-refractivity contribution is 7.89. The third-order valence-corrected chi connectivity index (χ3v) is 11.6. The molecule has 44 heavy (non-hydrogen) atoms. The quantitative estimate of drug-likeness (QED) is 0.301. The molecule has 12 heteroatoms. The number of ether oxygens (including phenoxy) is 2. The lowest BCUT2D eigenvalue weighted by Crippen LogP contribution is -2.47. The van der Waals surface area contributed by atoms with Crippen LogP contribution in [0.4, 0.5) is 11.5 Å². The molecule has 6 rings (SSSR count). The van der Waals surface area contributed by atoms with E-state index in [-0.39, 0.29) is 37.6 Å². The van der Waals surface area contributed by atoms with Gasteiger partial charge in [0.15, 0.2) is 0 Å². The fraction of sp³-hybridized carbons (Fsp3) is 0.531. The molecule has 0 atom stereocenters. The van der Waals surface area contributed by atoms with Crippen LogP contribution in [-0.4, -0.2) is 80.2 Å². The second-order valence-electron chi connectivity index (χ2n) is 12.2. The summed E-state index contributed by atoms with van der Waals surface area (Å²) in [4.78, 5) is 18.3. The first-order valence-corrected chi connectivity index (χ1v) is 16.7. The van der Waals surface area contributed by atoms with E-state index < -0.39 is 10.0 Å². The molecule has 1 aromatic carbocycles. The number of rotatable bonds is 10. The predicted molar refractivity (Wildman–Crippen MR) is 174 cm³/mol. The van der Waals surface area contributed by atoms with Gasteiger partial charge in [-0.1, -0.05) is 0 Å². The van der Waals surface area contributed by atoms with E-state index in [9.17, 15) is 8.42 Å². The second kappa shape index (κ2) is 13.5. The maximum atomic E-state index is 13.8. The zero-order valence-corrected chi connectivity index (χ0v) is 27.4. The monoisotopic (exact) mass is 642 g/mol. The number of hydrogen-bond acceptors (Lipinski definition) is 9. The molecule has 2 aromatic heterocycles. The van der Waals surface area contributed by atoms with E-state index in [2.05, 4.69) is 31.9 Å². The van der Waals surface area contributed by atoms with Crippen molar-refractivity contribution in [3.8, 4) is 11.8 Å². The molecule has 3 aromatic rings. The van der Waals surface area contributed by atoms with Gasteiger partial charge in [-0.3, -0.25) is 4.98 Å². The Morgan fingerprint density at radius 2 is 1.55 bits per heavy atom. The van der Waals surface area contributed by atoms with Crippen LogP contribution in [0.3, 0.4) is 0 Å². The fourth-order valence-corrected chi connectivity index (χ4v) is 8.81. The Morgan fingerprint density at radius 1 is 0.932 bits per heavy atom. The Balaban J connectivity index is 0.00000384. The number of halogens is 1. The minimum atomic E-state index is -3.69. The summed E-state index contributed by atoms with van der Waals surface area (Å²) in [7, 11) is -2.11. The van der Waals surface area contributed by atoms with Crippen molar-refractivity contribution in [3.05, 3.63) is 60.0 Å². The SMILES string of the molecule is COc1cc(C)c(S(=O)(=O)N(CCOc2nccc(N3CCC4(CCN(c5ccncc5)CC4)CC3)n2)C2CC2)c(C)c1.Cl. The molecule has 0 amide bonds. The molecular formula is C32H43ClN6O4S. The molecule has 0 radical (unpaired) electrons. The van der Waals surface area contributed by atoms with Gasteiger partial charge in [-0.25, -0.2) is 13.4 Å². The molecule has 0 bridgehead atoms. The molecule has 1 saturated carbocycles. The van der Waals surface area contributed by atoms with Gasteiger partial charge in [0.05, 0.1) is 12.0 Å². The third kappa shape index (κ3) is 6.89. The minimum Gasteiger partial charge on any atom is -0.497 e. The first-order chi connectivity index (χ1) is 20.8. The van der Waals surface area contributed by atoms with Crippen LogP contribution in [0, 0.1) is 19.3 Å². The average molecular weight is 643 g/mol. The van der Waals surface area contributed by atoms with Crippen molar-refractivity contribution >= 4 is 33.9 Å². The molecule has 2 aliphatic heterocycles. The van der Waals surface area contributed by atoms with Crippen LogP contribution in [-0.2, 0) is 10.0 Å². The van der Waals surface area contributed by atoms with Gasteiger partial charge in [-0.05, 0) is 99.2 Å². The van der Waals surface area contributed by atoms with E-state index in [1.165, 1.54) is 18.5 Å². The van der Waals surface area contributed by atoms with Crippen LogP contribution >= 0.6 is 12.4 Å². The number of methoxy groups -OCH3 is 1. The Hall–Kier alpha value is -3.15. The average Bonchev–Trinajstić information content (AvgIpc) is 3.85. The summed E-state index contributed by atoms with van der Waals surface area (Å²) in [5.41, 5.74) is 3.02. The number of sulfonamides is 1. The van der Waals surface area contributed by atoms with Crippen LogP contribution in [0.5, 0.6) is 11.8 Å². The summed E-state index contributed by atoms with van der Waals surface area (Å²) in [5.74, 6) is 1.52. The van der Waals surface area contributed by atoms with Gasteiger partial charge in [0.25, 0.3) is 0 Å². The highest BCUT2D eigenvalue weighted by atomic mass is 35.5. The number of aryl methyl sites for hydroxylation is 2. The Kier molecular flexibility index (Phi) is 9.86. The first-order valence-electron chi connectivity index (χ1n) is 15.3. The van der Waals surface area contributed by atoms with Crippen LogP contribution in [0.25, 0.3) is 0 Å². The van der Waals surface area contributed by atoms with Crippen molar-refractivity contribution in [1.29, 1.82) is 0 Å². The Bertz CT molecular complexity index is 1500. The maximum Gasteiger partial charge on any atom is 0.318 e. The maximum absolute atomic E-state index is 13.8. The van der Waals surface area contributed by atoms with E-state index in [0.717, 1.165) is 57.7 Å². The van der Waals surface area contributed by atoms with Crippen LogP contribution < -0.4 is 19.3 Å². The van der Waals surface area contributed by atoms with Gasteiger partial charge >= 0.3 is 6.01 Å². The number of piperidine rings is 2. The lowest BCUT2D eigenvalue weighted by molar-refractivity contribution is 0.166. The summed E-state index contributed by atoms with van der Waals surface area (Å²) in [5, 5.41) is 0. The van der Waals surface area contributed by atoms with Crippen molar-refractivity contribution < 1.29 is 17.9 Å². The van der Waals surface area contributed by atoms with E-state index >= 15 is 0 Å². The highest BCUT2D eigenvalue weighted by Crippen LogP contribution is 2.43. The molecule has 3 aliphatic rings. The van der Waals surface area contributed by atoms with Crippen LogP contribution in [0.2, 0.25) is 0 Å². The molecule has 4 heterocycles. The molecule has 0 unspecified atom stereocenters. The summed E-state index contributed by atoms with van der Waals surface area (Å²) < 4.78 is 40.4. The highest BCUT2D eigenvalue weighted by Gasteiger charge is 2.40. The molecule has 238 valence electrons. The van der Waals surface area contributed by atoms with Crippen molar-refractivity contribution in [2.75, 3.05) is 56.2 Å². The number of hydrogen-bond donors (Lipinski definition) is 0. The standard InChI is InChI=1S/C32H42N6O4S.ClH/c1-24-22-28(41-3)23-25(2)30(24)43(39,40)38(27-4-5-27)20-21-42-31-34-15-8-29(35-31)37-18-11-32(12-19-37)9-16-36(17-10-32)26-6-13-33-14-7-26;/h6-8,13-15,22-23,27H,4-5,9-12,16-21H2,1-3H3;1H. The number of nitrogens with zero attached hydrogens (tertiary/aromatic N) is 6. The normalized spacial score (nSPS) is 18.3. The lowest BCUT2D eigenvalue weighted by Gasteiger charge is -2.47. The molecule has 0 N–H and O–H groups in total. The number of aromatic nitrogens is 3. The lowest BCUT2D eigenvalue weighted by atomic mass is 9.71. The van der Waals surface area contributed by atoms with Gasteiger partial charge in [0, 0.05) is 63.0 Å². The summed E-state index contributed by atoms with van der Waals surface area (Å²) >= 11 is 0. The summed E-state index contributed by atoms with van der Waals surface area (Å²) in [6, 6.07) is 9.96. The van der Waals surface area contributed by atoms with Crippen molar-refractivity contribution in [2.24, 2.45) is 5.41 Å². The fourth-order valence-electron chi connectivity index (χ4n) is 6.72. The van der Waals surface area contributed by atoms with Gasteiger partial charge in [-0.15, -0.1) is 12.4 Å². The largest absolute Gasteiger partial charge is 0.497 e. The van der Waals surface area contributed by atoms with Gasteiger partial charge in [0.2, 0.25) is 10.0 Å². The number of pyridine rings is 1. The first kappa shape index (κ1) is 32.2. The Morgan fingerprint density at radius 3 is 2.14 bits per heavy atom. The van der Waals surface area contributed by atoms with Crippen molar-refractivity contribution in [1.82, 2.24) is 19.3 Å². The van der Waals surface area contributed by atoms with E-state index in [1.807, 2.05) is 32.3 Å². The molecule has 1 spiro atoms. The van der Waals surface area contributed by atoms with Crippen LogP contribution in [0.1, 0.15) is 49.7 Å². The van der Waals surface area contributed by atoms with Gasteiger partial charge < -0.3 is 19.3 Å². The topological polar surface area (TPSA) is 101 Å². The van der Waals surface area contributed by atoms with Gasteiger partial charge in [0.1, 0.15) is 18.2 Å². The zero-order chi connectivity index (χ0) is 30.0. The second-order valence-corrected chi connectivity index (χ2v) is 14.0. The molecule has 3 fully saturated rings. The third-order valence-electron chi connectivity index (χ3n) is 9.35. The minimum absolute atomic E-state index is 0. The van der Waals surface area contributed by atoms with E-state index in [4.69, 9.17) is 14.5 Å². The van der Waals surface area contributed by atoms with Crippen molar-refractivity contribution in [2.45, 2.75) is 63.3 Å². The molecule has 1 aliphatic carbocycles. The van der Waals surface area contributed by atoms with Crippen molar-refractivity contribution in [3.63, 3.8) is 0 Å². The summed E-state index contributed by atoms with van der Waals surface area (Å²) in [6.07, 6.45) is 11.9. The van der Waals surface area contributed by atoms with E-state index in [0.29, 0.717) is 27.2 Å².